The second-order valence-electron chi connectivity index (χ2n) is 6.28. The van der Waals surface area contributed by atoms with Crippen molar-refractivity contribution in [3.05, 3.63) is 59.4 Å². The van der Waals surface area contributed by atoms with Crippen molar-refractivity contribution >= 4 is 33.3 Å². The van der Waals surface area contributed by atoms with E-state index in [0.717, 1.165) is 30.2 Å². The molecule has 2 heterocycles. The van der Waals surface area contributed by atoms with Crippen LogP contribution in [0.3, 0.4) is 0 Å². The number of amides is 2. The highest BCUT2D eigenvalue weighted by Crippen LogP contribution is 2.23. The van der Waals surface area contributed by atoms with Crippen LogP contribution in [-0.4, -0.2) is 47.0 Å². The summed E-state index contributed by atoms with van der Waals surface area (Å²) >= 11 is 1.72. The molecule has 26 heavy (non-hydrogen) atoms. The van der Waals surface area contributed by atoms with Gasteiger partial charge in [-0.3, -0.25) is 4.90 Å². The zero-order chi connectivity index (χ0) is 17.9. The van der Waals surface area contributed by atoms with Crippen molar-refractivity contribution in [2.75, 3.05) is 31.5 Å². The molecule has 0 bridgehead atoms. The van der Waals surface area contributed by atoms with Crippen molar-refractivity contribution in [2.24, 2.45) is 0 Å². The molecule has 4 rings (SSSR count). The van der Waals surface area contributed by atoms with Gasteiger partial charge in [0.05, 0.1) is 16.8 Å². The number of anilines is 1. The first-order chi connectivity index (χ1) is 12.7. The summed E-state index contributed by atoms with van der Waals surface area (Å²) in [4.78, 5) is 21.1. The molecule has 1 saturated heterocycles. The van der Waals surface area contributed by atoms with Crippen molar-refractivity contribution in [3.8, 4) is 0 Å². The average Bonchev–Trinajstić information content (AvgIpc) is 3.06. The first kappa shape index (κ1) is 16.9. The standard InChI is InChI=1S/C19H19FN4OS/c20-14-5-7-15(8-6-14)21-19(25)24-11-9-23(10-12-24)13-18-22-16-3-1-2-4-17(16)26-18/h1-8H,9-13H2,(H,21,25). The second kappa shape index (κ2) is 7.39. The van der Waals surface area contributed by atoms with E-state index >= 15 is 0 Å². The molecule has 0 radical (unpaired) electrons. The quantitative estimate of drug-likeness (QED) is 0.763. The Labute approximate surface area is 155 Å². The van der Waals surface area contributed by atoms with E-state index in [1.54, 1.807) is 28.4 Å². The molecule has 1 aliphatic heterocycles. The number of nitrogens with zero attached hydrogens (tertiary/aromatic N) is 3. The first-order valence-electron chi connectivity index (χ1n) is 8.56. The Morgan fingerprint density at radius 1 is 1.08 bits per heavy atom. The summed E-state index contributed by atoms with van der Waals surface area (Å²) in [5, 5.41) is 3.92. The largest absolute Gasteiger partial charge is 0.322 e. The molecular formula is C19H19FN4OS. The molecule has 0 saturated carbocycles. The number of halogens is 1. The summed E-state index contributed by atoms with van der Waals surface area (Å²) in [6, 6.07) is 13.8. The van der Waals surface area contributed by atoms with Gasteiger partial charge in [-0.05, 0) is 36.4 Å². The van der Waals surface area contributed by atoms with Gasteiger partial charge in [0.25, 0.3) is 0 Å². The van der Waals surface area contributed by atoms with Crippen LogP contribution in [0.15, 0.2) is 48.5 Å². The summed E-state index contributed by atoms with van der Waals surface area (Å²) in [6.45, 7) is 3.77. The van der Waals surface area contributed by atoms with Crippen LogP contribution in [-0.2, 0) is 6.54 Å². The zero-order valence-corrected chi connectivity index (χ0v) is 15.0. The Morgan fingerprint density at radius 2 is 1.81 bits per heavy atom. The molecule has 1 aliphatic rings. The Morgan fingerprint density at radius 3 is 2.54 bits per heavy atom. The molecule has 3 aromatic rings. The molecule has 2 amide bonds. The molecule has 0 unspecified atom stereocenters. The van der Waals surface area contributed by atoms with Crippen molar-refractivity contribution in [1.82, 2.24) is 14.8 Å². The van der Waals surface area contributed by atoms with Gasteiger partial charge < -0.3 is 10.2 Å². The van der Waals surface area contributed by atoms with Crippen molar-refractivity contribution < 1.29 is 9.18 Å². The van der Waals surface area contributed by atoms with Crippen molar-refractivity contribution in [3.63, 3.8) is 0 Å². The van der Waals surface area contributed by atoms with E-state index in [9.17, 15) is 9.18 Å². The predicted molar refractivity (Wildman–Crippen MR) is 102 cm³/mol. The maximum Gasteiger partial charge on any atom is 0.321 e. The van der Waals surface area contributed by atoms with E-state index in [0.29, 0.717) is 18.8 Å². The van der Waals surface area contributed by atoms with Crippen LogP contribution >= 0.6 is 11.3 Å². The molecule has 7 heteroatoms. The second-order valence-corrected chi connectivity index (χ2v) is 7.39. The maximum atomic E-state index is 12.9. The number of rotatable bonds is 3. The summed E-state index contributed by atoms with van der Waals surface area (Å²) in [7, 11) is 0. The fraction of sp³-hybridized carbons (Fsp3) is 0.263. The number of benzene rings is 2. The van der Waals surface area contributed by atoms with Crippen LogP contribution in [0.5, 0.6) is 0 Å². The molecule has 1 aromatic heterocycles. The predicted octanol–water partition coefficient (Wildman–Crippen LogP) is 3.79. The number of para-hydroxylation sites is 1. The van der Waals surface area contributed by atoms with E-state index < -0.39 is 0 Å². The monoisotopic (exact) mass is 370 g/mol. The zero-order valence-electron chi connectivity index (χ0n) is 14.2. The van der Waals surface area contributed by atoms with E-state index in [-0.39, 0.29) is 11.8 Å². The Hall–Kier alpha value is -2.51. The van der Waals surface area contributed by atoms with E-state index in [1.165, 1.54) is 16.8 Å². The van der Waals surface area contributed by atoms with Gasteiger partial charge in [0, 0.05) is 31.9 Å². The number of carbonyl (C=O) groups is 1. The van der Waals surface area contributed by atoms with Gasteiger partial charge >= 0.3 is 6.03 Å². The SMILES string of the molecule is O=C(Nc1ccc(F)cc1)N1CCN(Cc2nc3ccccc3s2)CC1. The van der Waals surface area contributed by atoms with Gasteiger partial charge in [-0.2, -0.15) is 0 Å². The van der Waals surface area contributed by atoms with Gasteiger partial charge in [-0.15, -0.1) is 11.3 Å². The lowest BCUT2D eigenvalue weighted by Gasteiger charge is -2.34. The van der Waals surface area contributed by atoms with Gasteiger partial charge in [0.15, 0.2) is 0 Å². The molecule has 2 aromatic carbocycles. The molecule has 0 spiro atoms. The molecular weight excluding hydrogens is 351 g/mol. The Kier molecular flexibility index (Phi) is 4.81. The number of aromatic nitrogens is 1. The molecule has 0 aliphatic carbocycles. The summed E-state index contributed by atoms with van der Waals surface area (Å²) in [5.74, 6) is -0.313. The third-order valence-electron chi connectivity index (χ3n) is 4.45. The number of thiazole rings is 1. The van der Waals surface area contributed by atoms with E-state index in [4.69, 9.17) is 0 Å². The topological polar surface area (TPSA) is 48.5 Å². The van der Waals surface area contributed by atoms with Crippen molar-refractivity contribution in [2.45, 2.75) is 6.54 Å². The number of nitrogens with one attached hydrogen (secondary N) is 1. The van der Waals surface area contributed by atoms with Crippen LogP contribution < -0.4 is 5.32 Å². The van der Waals surface area contributed by atoms with Crippen LogP contribution in [0.4, 0.5) is 14.9 Å². The number of piperazine rings is 1. The summed E-state index contributed by atoms with van der Waals surface area (Å²) in [6.07, 6.45) is 0. The minimum absolute atomic E-state index is 0.142. The minimum Gasteiger partial charge on any atom is -0.322 e. The number of urea groups is 1. The highest BCUT2D eigenvalue weighted by atomic mass is 32.1. The maximum absolute atomic E-state index is 12.9. The highest BCUT2D eigenvalue weighted by molar-refractivity contribution is 7.18. The molecule has 1 N–H and O–H groups in total. The third-order valence-corrected chi connectivity index (χ3v) is 5.47. The summed E-state index contributed by atoms with van der Waals surface area (Å²) < 4.78 is 14.1. The average molecular weight is 370 g/mol. The highest BCUT2D eigenvalue weighted by Gasteiger charge is 2.22. The lowest BCUT2D eigenvalue weighted by atomic mass is 10.3. The number of hydrogen-bond donors (Lipinski definition) is 1. The van der Waals surface area contributed by atoms with Crippen LogP contribution in [0, 0.1) is 5.82 Å². The number of carbonyl (C=O) groups excluding carboxylic acids is 1. The fourth-order valence-electron chi connectivity index (χ4n) is 3.02. The van der Waals surface area contributed by atoms with Gasteiger partial charge in [0.1, 0.15) is 10.8 Å². The molecule has 134 valence electrons. The fourth-order valence-corrected chi connectivity index (χ4v) is 4.03. The van der Waals surface area contributed by atoms with Crippen LogP contribution in [0.1, 0.15) is 5.01 Å². The van der Waals surface area contributed by atoms with Crippen LogP contribution in [0.25, 0.3) is 10.2 Å². The lowest BCUT2D eigenvalue weighted by Crippen LogP contribution is -2.49. The molecule has 0 atom stereocenters. The van der Waals surface area contributed by atoms with Crippen molar-refractivity contribution in [1.29, 1.82) is 0 Å². The normalized spacial score (nSPS) is 15.3. The molecule has 1 fully saturated rings. The Bertz CT molecular complexity index is 870. The van der Waals surface area contributed by atoms with E-state index in [1.807, 2.05) is 18.2 Å². The van der Waals surface area contributed by atoms with Gasteiger partial charge in [-0.25, -0.2) is 14.2 Å². The van der Waals surface area contributed by atoms with Gasteiger partial charge in [-0.1, -0.05) is 12.1 Å². The molecule has 5 nitrogen and oxygen atoms in total. The van der Waals surface area contributed by atoms with Gasteiger partial charge in [0.2, 0.25) is 0 Å². The van der Waals surface area contributed by atoms with E-state index in [2.05, 4.69) is 21.3 Å². The first-order valence-corrected chi connectivity index (χ1v) is 9.37. The third kappa shape index (κ3) is 3.84. The number of fused-ring (bicyclic) bond motifs is 1. The lowest BCUT2D eigenvalue weighted by molar-refractivity contribution is 0.143. The smallest absolute Gasteiger partial charge is 0.321 e. The minimum atomic E-state index is -0.313. The number of hydrogen-bond acceptors (Lipinski definition) is 4. The Balaban J connectivity index is 1.30. The summed E-state index contributed by atoms with van der Waals surface area (Å²) in [5.41, 5.74) is 1.65. The van der Waals surface area contributed by atoms with Crippen LogP contribution in [0.2, 0.25) is 0 Å².